The Labute approximate surface area is 89.6 Å². The third-order valence-electron chi connectivity index (χ3n) is 1.96. The van der Waals surface area contributed by atoms with Crippen molar-refractivity contribution < 1.29 is 14.4 Å². The molecule has 0 spiro atoms. The summed E-state index contributed by atoms with van der Waals surface area (Å²) in [5.74, 6) is -0.393. The number of halogens is 1. The SMILES string of the molecule is OB(O)c1ccc(F)c2c(S)csc12. The Morgan fingerprint density at radius 3 is 2.71 bits per heavy atom. The molecule has 2 nitrogen and oxygen atoms in total. The van der Waals surface area contributed by atoms with Crippen LogP contribution in [0.2, 0.25) is 0 Å². The van der Waals surface area contributed by atoms with Gasteiger partial charge in [0, 0.05) is 25.8 Å². The zero-order valence-corrected chi connectivity index (χ0v) is 8.65. The van der Waals surface area contributed by atoms with E-state index < -0.39 is 12.9 Å². The number of benzene rings is 1. The number of hydrogen-bond acceptors (Lipinski definition) is 4. The summed E-state index contributed by atoms with van der Waals surface area (Å²) in [4.78, 5) is 0.519. The maximum absolute atomic E-state index is 13.3. The highest BCUT2D eigenvalue weighted by molar-refractivity contribution is 7.80. The van der Waals surface area contributed by atoms with Crippen LogP contribution in [-0.2, 0) is 0 Å². The Morgan fingerprint density at radius 2 is 2.07 bits per heavy atom. The van der Waals surface area contributed by atoms with Gasteiger partial charge < -0.3 is 10.0 Å². The van der Waals surface area contributed by atoms with Crippen molar-refractivity contribution in [2.75, 3.05) is 0 Å². The van der Waals surface area contributed by atoms with Gasteiger partial charge in [0.05, 0.1) is 0 Å². The third-order valence-corrected chi connectivity index (χ3v) is 3.52. The molecule has 0 radical (unpaired) electrons. The quantitative estimate of drug-likeness (QED) is 0.503. The summed E-state index contributed by atoms with van der Waals surface area (Å²) in [5.41, 5.74) is 0.312. The second-order valence-electron chi connectivity index (χ2n) is 2.84. The van der Waals surface area contributed by atoms with Crippen molar-refractivity contribution in [2.45, 2.75) is 4.90 Å². The van der Waals surface area contributed by atoms with Crippen molar-refractivity contribution in [3.8, 4) is 0 Å². The second kappa shape index (κ2) is 3.54. The fraction of sp³-hybridized carbons (Fsp3) is 0. The van der Waals surface area contributed by atoms with Crippen molar-refractivity contribution in [1.82, 2.24) is 0 Å². The molecule has 2 rings (SSSR count). The van der Waals surface area contributed by atoms with Crippen LogP contribution in [0, 0.1) is 5.82 Å². The average Bonchev–Trinajstić information content (AvgIpc) is 2.49. The number of rotatable bonds is 1. The Hall–Kier alpha value is -0.555. The fourth-order valence-corrected chi connectivity index (χ4v) is 2.75. The van der Waals surface area contributed by atoms with Crippen molar-refractivity contribution in [2.24, 2.45) is 0 Å². The smallest absolute Gasteiger partial charge is 0.423 e. The first kappa shape index (κ1) is 9.98. The molecule has 1 aromatic carbocycles. The predicted octanol–water partition coefficient (Wildman–Crippen LogP) is 1.01. The second-order valence-corrected chi connectivity index (χ2v) is 4.20. The standard InChI is InChI=1S/C8H6BFO2S2/c10-5-2-1-4(9(11)12)8-7(5)6(13)3-14-8/h1-3,11-13H. The van der Waals surface area contributed by atoms with Crippen LogP contribution in [0.5, 0.6) is 0 Å². The minimum Gasteiger partial charge on any atom is -0.423 e. The molecular weight excluding hydrogens is 222 g/mol. The molecule has 6 heteroatoms. The van der Waals surface area contributed by atoms with Crippen LogP contribution in [0.1, 0.15) is 0 Å². The molecule has 2 aromatic rings. The molecule has 2 N–H and O–H groups in total. The van der Waals surface area contributed by atoms with Crippen LogP contribution in [0.25, 0.3) is 10.1 Å². The molecule has 1 heterocycles. The molecule has 0 unspecified atom stereocenters. The van der Waals surface area contributed by atoms with Crippen LogP contribution in [0.4, 0.5) is 4.39 Å². The van der Waals surface area contributed by atoms with Gasteiger partial charge in [-0.2, -0.15) is 0 Å². The van der Waals surface area contributed by atoms with Gasteiger partial charge in [0.1, 0.15) is 5.82 Å². The summed E-state index contributed by atoms with van der Waals surface area (Å²) in [5, 5.41) is 20.1. The number of thiol groups is 1. The molecule has 72 valence electrons. The van der Waals surface area contributed by atoms with E-state index in [9.17, 15) is 4.39 Å². The molecule has 0 aliphatic heterocycles. The van der Waals surface area contributed by atoms with Gasteiger partial charge in [0.15, 0.2) is 0 Å². The van der Waals surface area contributed by atoms with E-state index in [2.05, 4.69) is 12.6 Å². The van der Waals surface area contributed by atoms with E-state index in [1.54, 1.807) is 5.38 Å². The van der Waals surface area contributed by atoms with Gasteiger partial charge in [-0.05, 0) is 6.07 Å². The average molecular weight is 228 g/mol. The van der Waals surface area contributed by atoms with E-state index in [0.717, 1.165) is 0 Å². The zero-order chi connectivity index (χ0) is 10.3. The van der Waals surface area contributed by atoms with E-state index in [-0.39, 0.29) is 0 Å². The van der Waals surface area contributed by atoms with Gasteiger partial charge in [-0.3, -0.25) is 0 Å². The van der Waals surface area contributed by atoms with Gasteiger partial charge in [-0.15, -0.1) is 24.0 Å². The number of hydrogen-bond donors (Lipinski definition) is 3. The topological polar surface area (TPSA) is 40.5 Å². The molecule has 0 saturated carbocycles. The fourth-order valence-electron chi connectivity index (χ4n) is 1.32. The maximum atomic E-state index is 13.3. The Kier molecular flexibility index (Phi) is 2.53. The summed E-state index contributed by atoms with van der Waals surface area (Å²) in [6.45, 7) is 0. The van der Waals surface area contributed by atoms with E-state index in [1.807, 2.05) is 0 Å². The molecule has 14 heavy (non-hydrogen) atoms. The highest BCUT2D eigenvalue weighted by atomic mass is 32.1. The van der Waals surface area contributed by atoms with Crippen LogP contribution < -0.4 is 5.46 Å². The molecule has 0 aliphatic rings. The van der Waals surface area contributed by atoms with Gasteiger partial charge in [0.25, 0.3) is 0 Å². The molecule has 0 bridgehead atoms. The minimum atomic E-state index is -1.58. The van der Waals surface area contributed by atoms with E-state index >= 15 is 0 Å². The lowest BCUT2D eigenvalue weighted by Crippen LogP contribution is -2.30. The summed E-state index contributed by atoms with van der Waals surface area (Å²) in [7, 11) is -1.58. The predicted molar refractivity (Wildman–Crippen MR) is 58.9 cm³/mol. The third kappa shape index (κ3) is 1.44. The maximum Gasteiger partial charge on any atom is 0.489 e. The molecule has 1 aromatic heterocycles. The van der Waals surface area contributed by atoms with Gasteiger partial charge in [-0.25, -0.2) is 4.39 Å². The van der Waals surface area contributed by atoms with Crippen molar-refractivity contribution in [1.29, 1.82) is 0 Å². The minimum absolute atomic E-state index is 0.312. The van der Waals surface area contributed by atoms with Crippen LogP contribution in [0.3, 0.4) is 0 Å². The lowest BCUT2D eigenvalue weighted by Gasteiger charge is -2.01. The lowest BCUT2D eigenvalue weighted by molar-refractivity contribution is 0.426. The highest BCUT2D eigenvalue weighted by Crippen LogP contribution is 2.29. The van der Waals surface area contributed by atoms with E-state index in [1.165, 1.54) is 23.5 Å². The summed E-state index contributed by atoms with van der Waals surface area (Å²) >= 11 is 5.34. The largest absolute Gasteiger partial charge is 0.489 e. The van der Waals surface area contributed by atoms with E-state index in [0.29, 0.717) is 20.4 Å². The monoisotopic (exact) mass is 228 g/mol. The first-order valence-electron chi connectivity index (χ1n) is 3.86. The molecule has 0 aliphatic carbocycles. The molecule has 0 saturated heterocycles. The number of fused-ring (bicyclic) bond motifs is 1. The van der Waals surface area contributed by atoms with Crippen molar-refractivity contribution in [3.05, 3.63) is 23.3 Å². The van der Waals surface area contributed by atoms with Crippen LogP contribution in [-0.4, -0.2) is 17.2 Å². The Bertz CT molecular complexity index is 483. The van der Waals surface area contributed by atoms with Crippen LogP contribution in [0.15, 0.2) is 22.4 Å². The Balaban J connectivity index is 2.83. The summed E-state index contributed by atoms with van der Waals surface area (Å²) in [6.07, 6.45) is 0. The Morgan fingerprint density at radius 1 is 1.36 bits per heavy atom. The highest BCUT2D eigenvalue weighted by Gasteiger charge is 2.18. The van der Waals surface area contributed by atoms with Gasteiger partial charge >= 0.3 is 7.12 Å². The first-order chi connectivity index (χ1) is 6.61. The molecule has 0 atom stereocenters. The first-order valence-corrected chi connectivity index (χ1v) is 5.18. The summed E-state index contributed by atoms with van der Waals surface area (Å²) < 4.78 is 13.9. The molecule has 0 amide bonds. The number of thiophene rings is 1. The van der Waals surface area contributed by atoms with Crippen molar-refractivity contribution in [3.63, 3.8) is 0 Å². The van der Waals surface area contributed by atoms with Gasteiger partial charge in [0.2, 0.25) is 0 Å². The molecule has 0 fully saturated rings. The van der Waals surface area contributed by atoms with Crippen molar-refractivity contribution >= 4 is 46.6 Å². The lowest BCUT2D eigenvalue weighted by atomic mass is 9.80. The zero-order valence-electron chi connectivity index (χ0n) is 6.94. The van der Waals surface area contributed by atoms with E-state index in [4.69, 9.17) is 10.0 Å². The van der Waals surface area contributed by atoms with Crippen LogP contribution >= 0.6 is 24.0 Å². The molecular formula is C8H6BFO2S2. The summed E-state index contributed by atoms with van der Waals surface area (Å²) in [6, 6.07) is 2.58. The normalized spacial score (nSPS) is 10.9. The van der Waals surface area contributed by atoms with Gasteiger partial charge in [-0.1, -0.05) is 6.07 Å².